The molecule has 1 unspecified atom stereocenters. The van der Waals surface area contributed by atoms with Gasteiger partial charge in [-0.15, -0.1) is 5.10 Å². The van der Waals surface area contributed by atoms with E-state index in [0.717, 1.165) is 33.2 Å². The number of aromatic nitrogens is 4. The Labute approximate surface area is 173 Å². The lowest BCUT2D eigenvalue weighted by Gasteiger charge is -2.20. The third kappa shape index (κ3) is 3.03. The molecule has 0 fully saturated rings. The Kier molecular flexibility index (Phi) is 4.52. The fourth-order valence-electron chi connectivity index (χ4n) is 3.92. The van der Waals surface area contributed by atoms with Crippen molar-refractivity contribution in [2.45, 2.75) is 12.5 Å². The summed E-state index contributed by atoms with van der Waals surface area (Å²) in [7, 11) is 1.42. The molecular weight excluding hydrogens is 376 g/mol. The van der Waals surface area contributed by atoms with E-state index >= 15 is 0 Å². The van der Waals surface area contributed by atoms with E-state index in [9.17, 15) is 4.79 Å². The Hall–Kier alpha value is -3.93. The SMILES string of the molecule is COC(=O)C(Cc1ccccc1)n1cc2ccccc2c1-n1nnc2ccccc21. The molecule has 0 amide bonds. The first kappa shape index (κ1) is 18.1. The monoisotopic (exact) mass is 396 g/mol. The number of benzene rings is 3. The normalized spacial score (nSPS) is 12.3. The van der Waals surface area contributed by atoms with Gasteiger partial charge in [0.05, 0.1) is 12.6 Å². The summed E-state index contributed by atoms with van der Waals surface area (Å²) in [6.45, 7) is 0. The highest BCUT2D eigenvalue weighted by Crippen LogP contribution is 2.31. The van der Waals surface area contributed by atoms with Crippen LogP contribution in [0.4, 0.5) is 0 Å². The summed E-state index contributed by atoms with van der Waals surface area (Å²) in [5.41, 5.74) is 2.73. The average Bonchev–Trinajstić information content (AvgIpc) is 3.38. The van der Waals surface area contributed by atoms with Crippen molar-refractivity contribution in [3.8, 4) is 5.82 Å². The van der Waals surface area contributed by atoms with Crippen LogP contribution in [0.2, 0.25) is 0 Å². The van der Waals surface area contributed by atoms with Crippen LogP contribution in [-0.4, -0.2) is 32.6 Å². The van der Waals surface area contributed by atoms with E-state index in [1.165, 1.54) is 7.11 Å². The lowest BCUT2D eigenvalue weighted by molar-refractivity contribution is -0.144. The minimum Gasteiger partial charge on any atom is -0.467 e. The molecule has 0 bridgehead atoms. The predicted molar refractivity (Wildman–Crippen MR) is 116 cm³/mol. The first-order valence-corrected chi connectivity index (χ1v) is 9.78. The van der Waals surface area contributed by atoms with Crippen LogP contribution in [0.1, 0.15) is 11.6 Å². The van der Waals surface area contributed by atoms with Crippen LogP contribution in [0.25, 0.3) is 27.6 Å². The Bertz CT molecular complexity index is 1340. The van der Waals surface area contributed by atoms with Gasteiger partial charge >= 0.3 is 5.97 Å². The van der Waals surface area contributed by atoms with Crippen molar-refractivity contribution in [1.82, 2.24) is 19.6 Å². The van der Waals surface area contributed by atoms with Crippen molar-refractivity contribution >= 4 is 27.8 Å². The summed E-state index contributed by atoms with van der Waals surface area (Å²) in [5.74, 6) is 0.496. The van der Waals surface area contributed by atoms with E-state index in [0.29, 0.717) is 6.42 Å². The van der Waals surface area contributed by atoms with Gasteiger partial charge in [-0.2, -0.15) is 4.68 Å². The lowest BCUT2D eigenvalue weighted by Crippen LogP contribution is -2.24. The largest absolute Gasteiger partial charge is 0.467 e. The number of para-hydroxylation sites is 1. The maximum Gasteiger partial charge on any atom is 0.329 e. The van der Waals surface area contributed by atoms with E-state index < -0.39 is 6.04 Å². The maximum absolute atomic E-state index is 12.9. The molecule has 1 atom stereocenters. The first-order chi connectivity index (χ1) is 14.8. The second kappa shape index (κ2) is 7.48. The number of rotatable bonds is 5. The highest BCUT2D eigenvalue weighted by atomic mass is 16.5. The zero-order chi connectivity index (χ0) is 20.5. The van der Waals surface area contributed by atoms with Crippen LogP contribution in [0.15, 0.2) is 85.1 Å². The average molecular weight is 396 g/mol. The number of carbonyl (C=O) groups excluding carboxylic acids is 1. The molecule has 2 heterocycles. The van der Waals surface area contributed by atoms with E-state index in [2.05, 4.69) is 10.3 Å². The molecule has 6 nitrogen and oxygen atoms in total. The maximum atomic E-state index is 12.9. The van der Waals surface area contributed by atoms with Gasteiger partial charge in [0, 0.05) is 23.4 Å². The van der Waals surface area contributed by atoms with Crippen molar-refractivity contribution in [3.05, 3.63) is 90.6 Å². The van der Waals surface area contributed by atoms with Crippen molar-refractivity contribution in [1.29, 1.82) is 0 Å². The Balaban J connectivity index is 1.75. The number of ether oxygens (including phenoxy) is 1. The molecule has 0 saturated carbocycles. The number of fused-ring (bicyclic) bond motifs is 2. The standard InChI is InChI=1S/C24H20N4O2/c1-30-24(29)22(15-17-9-3-2-4-10-17)27-16-18-11-5-6-12-19(18)23(27)28-21-14-8-7-13-20(21)25-26-28/h2-14,16,22H,15H2,1H3. The van der Waals surface area contributed by atoms with Gasteiger partial charge in [0.25, 0.3) is 0 Å². The van der Waals surface area contributed by atoms with Crippen molar-refractivity contribution in [2.75, 3.05) is 7.11 Å². The Morgan fingerprint density at radius 3 is 2.53 bits per heavy atom. The lowest BCUT2D eigenvalue weighted by atomic mass is 10.1. The van der Waals surface area contributed by atoms with E-state index in [1.54, 1.807) is 4.68 Å². The van der Waals surface area contributed by atoms with Crippen LogP contribution in [0, 0.1) is 0 Å². The highest BCUT2D eigenvalue weighted by molar-refractivity contribution is 5.92. The molecule has 2 aromatic heterocycles. The molecule has 6 heteroatoms. The van der Waals surface area contributed by atoms with Crippen molar-refractivity contribution < 1.29 is 9.53 Å². The van der Waals surface area contributed by atoms with Gasteiger partial charge in [-0.1, -0.05) is 71.9 Å². The molecule has 5 aromatic rings. The molecular formula is C24H20N4O2. The second-order valence-electron chi connectivity index (χ2n) is 7.17. The molecule has 0 aliphatic carbocycles. The molecule has 3 aromatic carbocycles. The topological polar surface area (TPSA) is 61.9 Å². The molecule has 0 spiro atoms. The third-order valence-electron chi connectivity index (χ3n) is 5.36. The number of esters is 1. The number of nitrogens with zero attached hydrogens (tertiary/aromatic N) is 4. The van der Waals surface area contributed by atoms with Crippen molar-refractivity contribution in [2.24, 2.45) is 0 Å². The molecule has 148 valence electrons. The molecule has 0 radical (unpaired) electrons. The highest BCUT2D eigenvalue weighted by Gasteiger charge is 2.27. The summed E-state index contributed by atoms with van der Waals surface area (Å²) in [4.78, 5) is 12.9. The number of hydrogen-bond donors (Lipinski definition) is 0. The van der Waals surface area contributed by atoms with Gasteiger partial charge in [-0.05, 0) is 17.7 Å². The molecule has 30 heavy (non-hydrogen) atoms. The van der Waals surface area contributed by atoms with Gasteiger partial charge in [0.2, 0.25) is 0 Å². The molecule has 5 rings (SSSR count). The first-order valence-electron chi connectivity index (χ1n) is 9.78. The second-order valence-corrected chi connectivity index (χ2v) is 7.17. The Morgan fingerprint density at radius 1 is 0.967 bits per heavy atom. The van der Waals surface area contributed by atoms with Crippen LogP contribution in [-0.2, 0) is 16.0 Å². The minimum atomic E-state index is -0.539. The fourth-order valence-corrected chi connectivity index (χ4v) is 3.92. The summed E-state index contributed by atoms with van der Waals surface area (Å²) >= 11 is 0. The summed E-state index contributed by atoms with van der Waals surface area (Å²) in [5, 5.41) is 10.7. The zero-order valence-electron chi connectivity index (χ0n) is 16.5. The summed E-state index contributed by atoms with van der Waals surface area (Å²) in [6.07, 6.45) is 2.50. The number of hydrogen-bond acceptors (Lipinski definition) is 4. The van der Waals surface area contributed by atoms with E-state index in [-0.39, 0.29) is 5.97 Å². The zero-order valence-corrected chi connectivity index (χ0v) is 16.5. The Morgan fingerprint density at radius 2 is 1.70 bits per heavy atom. The summed E-state index contributed by atoms with van der Waals surface area (Å²) < 4.78 is 8.96. The van der Waals surface area contributed by atoms with Gasteiger partial charge < -0.3 is 9.30 Å². The fraction of sp³-hybridized carbons (Fsp3) is 0.125. The third-order valence-corrected chi connectivity index (χ3v) is 5.36. The van der Waals surface area contributed by atoms with E-state index in [4.69, 9.17) is 4.74 Å². The molecule has 0 aliphatic heterocycles. The van der Waals surface area contributed by atoms with Gasteiger partial charge in [-0.25, -0.2) is 4.79 Å². The van der Waals surface area contributed by atoms with E-state index in [1.807, 2.05) is 89.6 Å². The van der Waals surface area contributed by atoms with Crippen LogP contribution in [0.5, 0.6) is 0 Å². The predicted octanol–water partition coefficient (Wildman–Crippen LogP) is 4.33. The molecule has 0 saturated heterocycles. The van der Waals surface area contributed by atoms with Crippen LogP contribution < -0.4 is 0 Å². The van der Waals surface area contributed by atoms with Crippen LogP contribution >= 0.6 is 0 Å². The smallest absolute Gasteiger partial charge is 0.329 e. The van der Waals surface area contributed by atoms with Crippen LogP contribution in [0.3, 0.4) is 0 Å². The minimum absolute atomic E-state index is 0.301. The molecule has 0 aliphatic rings. The number of carbonyl (C=O) groups is 1. The van der Waals surface area contributed by atoms with Gasteiger partial charge in [0.15, 0.2) is 0 Å². The number of methoxy groups -OCH3 is 1. The van der Waals surface area contributed by atoms with Gasteiger partial charge in [-0.3, -0.25) is 0 Å². The van der Waals surface area contributed by atoms with Crippen molar-refractivity contribution in [3.63, 3.8) is 0 Å². The quantitative estimate of drug-likeness (QED) is 0.415. The molecule has 0 N–H and O–H groups in total. The van der Waals surface area contributed by atoms with Gasteiger partial charge in [0.1, 0.15) is 17.4 Å². The summed E-state index contributed by atoms with van der Waals surface area (Å²) in [6, 6.07) is 25.2.